The van der Waals surface area contributed by atoms with Crippen LogP contribution in [-0.4, -0.2) is 45.9 Å². The van der Waals surface area contributed by atoms with Gasteiger partial charge in [0, 0.05) is 11.3 Å². The Labute approximate surface area is 150 Å². The molecule has 1 aromatic carbocycles. The van der Waals surface area contributed by atoms with E-state index in [1.54, 1.807) is 45.0 Å². The predicted molar refractivity (Wildman–Crippen MR) is 93.0 cm³/mol. The molecule has 26 heavy (non-hydrogen) atoms. The fraction of sp³-hybridized carbons (Fsp3) is 0.316. The average Bonchev–Trinajstić information content (AvgIpc) is 3.03. The van der Waals surface area contributed by atoms with Crippen molar-refractivity contribution in [3.05, 3.63) is 57.9 Å². The van der Waals surface area contributed by atoms with E-state index in [1.165, 1.54) is 0 Å². The number of carbonyl (C=O) groups excluding carboxylic acids is 3. The van der Waals surface area contributed by atoms with Crippen LogP contribution in [0.4, 0.5) is 0 Å². The number of hydrogen-bond acceptors (Lipinski definition) is 5. The molecule has 0 fully saturated rings. The van der Waals surface area contributed by atoms with E-state index >= 15 is 0 Å². The van der Waals surface area contributed by atoms with Crippen molar-refractivity contribution in [2.75, 3.05) is 13.2 Å². The van der Waals surface area contributed by atoms with Gasteiger partial charge in [-0.2, -0.15) is 0 Å². The molecule has 0 bridgehead atoms. The lowest BCUT2D eigenvalue weighted by Gasteiger charge is -2.13. The van der Waals surface area contributed by atoms with Crippen LogP contribution in [0.5, 0.6) is 0 Å². The lowest BCUT2D eigenvalue weighted by atomic mass is 10.1. The minimum Gasteiger partial charge on any atom is -0.459 e. The highest BCUT2D eigenvalue weighted by Gasteiger charge is 2.35. The van der Waals surface area contributed by atoms with Gasteiger partial charge in [-0.3, -0.25) is 14.5 Å². The summed E-state index contributed by atoms with van der Waals surface area (Å²) in [6.45, 7) is 5.00. The number of benzene rings is 1. The molecule has 0 aliphatic carbocycles. The Balaban J connectivity index is 1.65. The van der Waals surface area contributed by atoms with Gasteiger partial charge >= 0.3 is 5.97 Å². The van der Waals surface area contributed by atoms with Crippen LogP contribution in [0.25, 0.3) is 0 Å². The Kier molecular flexibility index (Phi) is 4.65. The maximum atomic E-state index is 12.3. The molecule has 2 aromatic rings. The van der Waals surface area contributed by atoms with Gasteiger partial charge in [0.15, 0.2) is 0 Å². The molecule has 2 heterocycles. The molecule has 0 unspecified atom stereocenters. The van der Waals surface area contributed by atoms with Crippen LogP contribution < -0.4 is 0 Å². The molecule has 136 valence electrons. The SMILES string of the molecule is Cc1[nH]c(C(=O)OCCN2C(=O)c3ccccc3C2=O)c(C)c1[C@H](C)O. The van der Waals surface area contributed by atoms with Crippen molar-refractivity contribution in [2.24, 2.45) is 0 Å². The topological polar surface area (TPSA) is 99.7 Å². The minimum absolute atomic E-state index is 0.0138. The standard InChI is InChI=1S/C19H20N2O5/c1-10-15(12(3)22)11(2)20-16(10)19(25)26-9-8-21-17(23)13-6-4-5-7-14(13)18(21)24/h4-7,12,20,22H,8-9H2,1-3H3/t12-/m0/s1. The smallest absolute Gasteiger partial charge is 0.355 e. The molecular formula is C19H20N2O5. The molecule has 0 spiro atoms. The van der Waals surface area contributed by atoms with E-state index in [0.29, 0.717) is 27.9 Å². The number of H-pyrrole nitrogens is 1. The molecule has 1 atom stereocenters. The largest absolute Gasteiger partial charge is 0.459 e. The van der Waals surface area contributed by atoms with E-state index in [9.17, 15) is 19.5 Å². The second kappa shape index (κ2) is 6.76. The Morgan fingerprint density at radius 1 is 1.19 bits per heavy atom. The van der Waals surface area contributed by atoms with Crippen molar-refractivity contribution in [3.8, 4) is 0 Å². The normalized spacial score (nSPS) is 14.5. The molecule has 0 radical (unpaired) electrons. The summed E-state index contributed by atoms with van der Waals surface area (Å²) in [6, 6.07) is 6.60. The molecule has 2 N–H and O–H groups in total. The number of amides is 2. The fourth-order valence-corrected chi connectivity index (χ4v) is 3.34. The number of carbonyl (C=O) groups is 3. The Morgan fingerprint density at radius 2 is 1.77 bits per heavy atom. The molecule has 1 aliphatic heterocycles. The first-order valence-corrected chi connectivity index (χ1v) is 8.32. The van der Waals surface area contributed by atoms with Crippen LogP contribution in [0.2, 0.25) is 0 Å². The fourth-order valence-electron chi connectivity index (χ4n) is 3.34. The first-order chi connectivity index (χ1) is 12.3. The van der Waals surface area contributed by atoms with Gasteiger partial charge in [0.25, 0.3) is 11.8 Å². The first kappa shape index (κ1) is 17.9. The third kappa shape index (κ3) is 2.90. The van der Waals surface area contributed by atoms with Crippen LogP contribution in [0.3, 0.4) is 0 Å². The van der Waals surface area contributed by atoms with Gasteiger partial charge in [-0.15, -0.1) is 0 Å². The van der Waals surface area contributed by atoms with Crippen LogP contribution in [0.1, 0.15) is 61.1 Å². The molecule has 7 heteroatoms. The van der Waals surface area contributed by atoms with E-state index in [1.807, 2.05) is 0 Å². The number of hydrogen-bond donors (Lipinski definition) is 2. The summed E-state index contributed by atoms with van der Waals surface area (Å²) < 4.78 is 5.22. The van der Waals surface area contributed by atoms with Gasteiger partial charge < -0.3 is 14.8 Å². The molecule has 3 rings (SSSR count). The van der Waals surface area contributed by atoms with Crippen molar-refractivity contribution in [1.29, 1.82) is 0 Å². The molecule has 0 saturated heterocycles. The van der Waals surface area contributed by atoms with Gasteiger partial charge in [0.05, 0.1) is 23.8 Å². The minimum atomic E-state index is -0.703. The number of aliphatic hydroxyl groups is 1. The number of aromatic amines is 1. The summed E-state index contributed by atoms with van der Waals surface area (Å²) >= 11 is 0. The molecule has 7 nitrogen and oxygen atoms in total. The number of esters is 1. The quantitative estimate of drug-likeness (QED) is 0.631. The number of aromatic nitrogens is 1. The first-order valence-electron chi connectivity index (χ1n) is 8.32. The highest BCUT2D eigenvalue weighted by molar-refractivity contribution is 6.21. The zero-order chi connectivity index (χ0) is 19.0. The summed E-state index contributed by atoms with van der Waals surface area (Å²) in [4.78, 5) is 40.8. The lowest BCUT2D eigenvalue weighted by Crippen LogP contribution is -2.33. The molecular weight excluding hydrogens is 336 g/mol. The summed E-state index contributed by atoms with van der Waals surface area (Å²) in [5, 5.41) is 9.79. The summed E-state index contributed by atoms with van der Waals surface area (Å²) in [6.07, 6.45) is -0.703. The van der Waals surface area contributed by atoms with Gasteiger partial charge in [-0.1, -0.05) is 12.1 Å². The van der Waals surface area contributed by atoms with Gasteiger partial charge in [0.2, 0.25) is 0 Å². The van der Waals surface area contributed by atoms with Crippen LogP contribution in [0, 0.1) is 13.8 Å². The lowest BCUT2D eigenvalue weighted by molar-refractivity contribution is 0.0415. The average molecular weight is 356 g/mol. The van der Waals surface area contributed by atoms with Crippen molar-refractivity contribution < 1.29 is 24.2 Å². The monoisotopic (exact) mass is 356 g/mol. The summed E-state index contributed by atoms with van der Waals surface area (Å²) in [7, 11) is 0. The highest BCUT2D eigenvalue weighted by atomic mass is 16.5. The summed E-state index contributed by atoms with van der Waals surface area (Å²) in [5.41, 5.74) is 2.98. The summed E-state index contributed by atoms with van der Waals surface area (Å²) in [5.74, 6) is -1.36. The number of imide groups is 1. The number of fused-ring (bicyclic) bond motifs is 1. The Morgan fingerprint density at radius 3 is 2.27 bits per heavy atom. The Hall–Kier alpha value is -2.93. The molecule has 1 aromatic heterocycles. The third-order valence-corrected chi connectivity index (χ3v) is 4.54. The van der Waals surface area contributed by atoms with Gasteiger partial charge in [-0.05, 0) is 38.5 Å². The van der Waals surface area contributed by atoms with Gasteiger partial charge in [0.1, 0.15) is 12.3 Å². The zero-order valence-corrected chi connectivity index (χ0v) is 14.8. The van der Waals surface area contributed by atoms with Crippen molar-refractivity contribution >= 4 is 17.8 Å². The number of aliphatic hydroxyl groups excluding tert-OH is 1. The second-order valence-corrected chi connectivity index (χ2v) is 6.28. The van der Waals surface area contributed by atoms with E-state index in [0.717, 1.165) is 4.90 Å². The highest BCUT2D eigenvalue weighted by Crippen LogP contribution is 2.25. The molecule has 1 aliphatic rings. The van der Waals surface area contributed by atoms with E-state index in [2.05, 4.69) is 4.98 Å². The predicted octanol–water partition coefficient (Wildman–Crippen LogP) is 2.14. The number of nitrogens with zero attached hydrogens (tertiary/aromatic N) is 1. The molecule has 0 saturated carbocycles. The van der Waals surface area contributed by atoms with Crippen LogP contribution in [-0.2, 0) is 4.74 Å². The van der Waals surface area contributed by atoms with Crippen LogP contribution in [0.15, 0.2) is 24.3 Å². The second-order valence-electron chi connectivity index (χ2n) is 6.28. The van der Waals surface area contributed by atoms with Crippen LogP contribution >= 0.6 is 0 Å². The van der Waals surface area contributed by atoms with Crippen molar-refractivity contribution in [1.82, 2.24) is 9.88 Å². The van der Waals surface area contributed by atoms with E-state index in [-0.39, 0.29) is 30.7 Å². The number of ether oxygens (including phenoxy) is 1. The Bertz CT molecular complexity index is 862. The van der Waals surface area contributed by atoms with Crippen molar-refractivity contribution in [2.45, 2.75) is 26.9 Å². The maximum Gasteiger partial charge on any atom is 0.355 e. The number of nitrogens with one attached hydrogen (secondary N) is 1. The van der Waals surface area contributed by atoms with E-state index in [4.69, 9.17) is 4.74 Å². The third-order valence-electron chi connectivity index (χ3n) is 4.54. The molecule has 2 amide bonds. The maximum absolute atomic E-state index is 12.3. The zero-order valence-electron chi connectivity index (χ0n) is 14.8. The van der Waals surface area contributed by atoms with Crippen molar-refractivity contribution in [3.63, 3.8) is 0 Å². The number of aryl methyl sites for hydroxylation is 1. The van der Waals surface area contributed by atoms with E-state index < -0.39 is 12.1 Å². The van der Waals surface area contributed by atoms with Gasteiger partial charge in [-0.25, -0.2) is 4.79 Å². The number of rotatable bonds is 5.